The smallest absolute Gasteiger partial charge is 0.191 e. The first-order valence-electron chi connectivity index (χ1n) is 9.30. The van der Waals surface area contributed by atoms with Gasteiger partial charge in [-0.05, 0) is 36.3 Å². The van der Waals surface area contributed by atoms with Crippen molar-refractivity contribution in [3.63, 3.8) is 0 Å². The molecule has 5 nitrogen and oxygen atoms in total. The molecule has 0 saturated carbocycles. The van der Waals surface area contributed by atoms with E-state index in [2.05, 4.69) is 56.5 Å². The molecule has 150 valence electrons. The minimum absolute atomic E-state index is 0.248. The van der Waals surface area contributed by atoms with Crippen molar-refractivity contribution in [2.24, 2.45) is 0 Å². The van der Waals surface area contributed by atoms with Gasteiger partial charge in [-0.3, -0.25) is 0 Å². The van der Waals surface area contributed by atoms with E-state index < -0.39 is 9.84 Å². The van der Waals surface area contributed by atoms with Crippen LogP contribution >= 0.6 is 23.1 Å². The van der Waals surface area contributed by atoms with Crippen LogP contribution in [0.3, 0.4) is 0 Å². The van der Waals surface area contributed by atoms with Crippen LogP contribution in [0.1, 0.15) is 29.1 Å². The molecule has 0 saturated heterocycles. The second kappa shape index (κ2) is 10.2. The third-order valence-corrected chi connectivity index (χ3v) is 7.27. The Labute approximate surface area is 175 Å². The highest BCUT2D eigenvalue weighted by Gasteiger charge is 2.14. The van der Waals surface area contributed by atoms with Crippen molar-refractivity contribution in [3.05, 3.63) is 64.1 Å². The lowest BCUT2D eigenvalue weighted by Crippen LogP contribution is -2.08. The Morgan fingerprint density at radius 1 is 1.07 bits per heavy atom. The van der Waals surface area contributed by atoms with Crippen LogP contribution in [0.4, 0.5) is 0 Å². The highest BCUT2D eigenvalue weighted by atomic mass is 32.2. The van der Waals surface area contributed by atoms with Crippen LogP contribution < -0.4 is 0 Å². The predicted molar refractivity (Wildman–Crippen MR) is 117 cm³/mol. The fourth-order valence-corrected chi connectivity index (χ4v) is 5.28. The first kappa shape index (κ1) is 21.1. The highest BCUT2D eigenvalue weighted by Crippen LogP contribution is 2.22. The van der Waals surface area contributed by atoms with Gasteiger partial charge >= 0.3 is 0 Å². The molecule has 0 radical (unpaired) electrons. The Bertz CT molecular complexity index is 952. The maximum absolute atomic E-state index is 11.3. The van der Waals surface area contributed by atoms with Crippen LogP contribution in [-0.4, -0.2) is 40.9 Å². The molecule has 0 amide bonds. The van der Waals surface area contributed by atoms with E-state index in [-0.39, 0.29) is 5.75 Å². The molecule has 1 aromatic carbocycles. The molecule has 3 aromatic rings. The Balaban J connectivity index is 1.65. The largest absolute Gasteiger partial charge is 0.305 e. The van der Waals surface area contributed by atoms with Gasteiger partial charge in [0, 0.05) is 35.6 Å². The SMILES string of the molecule is CS(=O)(=O)CCCCSc1nnc(Cc2cccs2)n1CCc1ccccc1. The molecule has 3 rings (SSSR count). The first-order valence-corrected chi connectivity index (χ1v) is 13.2. The molecule has 28 heavy (non-hydrogen) atoms. The fraction of sp³-hybridized carbons (Fsp3) is 0.400. The zero-order valence-electron chi connectivity index (χ0n) is 16.0. The maximum atomic E-state index is 11.3. The number of sulfone groups is 1. The summed E-state index contributed by atoms with van der Waals surface area (Å²) < 4.78 is 24.7. The summed E-state index contributed by atoms with van der Waals surface area (Å²) in [6, 6.07) is 14.6. The number of thioether (sulfide) groups is 1. The third kappa shape index (κ3) is 6.76. The number of thiophene rings is 1. The average molecular weight is 436 g/mol. The van der Waals surface area contributed by atoms with Crippen molar-refractivity contribution < 1.29 is 8.42 Å². The zero-order chi connectivity index (χ0) is 19.8. The van der Waals surface area contributed by atoms with Crippen LogP contribution in [0.5, 0.6) is 0 Å². The van der Waals surface area contributed by atoms with Gasteiger partial charge in [0.2, 0.25) is 0 Å². The van der Waals surface area contributed by atoms with Gasteiger partial charge in [-0.15, -0.1) is 21.5 Å². The monoisotopic (exact) mass is 435 g/mol. The van der Waals surface area contributed by atoms with Gasteiger partial charge in [-0.25, -0.2) is 8.42 Å². The number of hydrogen-bond acceptors (Lipinski definition) is 6. The average Bonchev–Trinajstić information content (AvgIpc) is 3.30. The molecule has 0 spiro atoms. The summed E-state index contributed by atoms with van der Waals surface area (Å²) in [6.45, 7) is 0.837. The third-order valence-electron chi connectivity index (χ3n) is 4.31. The van der Waals surface area contributed by atoms with Crippen molar-refractivity contribution in [3.8, 4) is 0 Å². The Morgan fingerprint density at radius 2 is 1.89 bits per heavy atom. The van der Waals surface area contributed by atoms with Crippen molar-refractivity contribution in [1.82, 2.24) is 14.8 Å². The van der Waals surface area contributed by atoms with E-state index in [9.17, 15) is 8.42 Å². The summed E-state index contributed by atoms with van der Waals surface area (Å²) in [6.07, 6.45) is 4.54. The lowest BCUT2D eigenvalue weighted by Gasteiger charge is -2.10. The van der Waals surface area contributed by atoms with Crippen molar-refractivity contribution in [2.75, 3.05) is 17.8 Å². The van der Waals surface area contributed by atoms with E-state index in [0.29, 0.717) is 6.42 Å². The molecule has 0 aliphatic heterocycles. The first-order chi connectivity index (χ1) is 13.5. The standard InChI is InChI=1S/C20H25N3O2S3/c1-28(24,25)15-6-5-13-27-20-22-21-19(16-18-10-7-14-26-18)23(20)12-11-17-8-3-2-4-9-17/h2-4,7-10,14H,5-6,11-13,15-16H2,1H3. The van der Waals surface area contributed by atoms with E-state index in [1.54, 1.807) is 23.1 Å². The summed E-state index contributed by atoms with van der Waals surface area (Å²) >= 11 is 3.40. The van der Waals surface area contributed by atoms with E-state index in [4.69, 9.17) is 0 Å². The number of benzene rings is 1. The van der Waals surface area contributed by atoms with Crippen LogP contribution in [0, 0.1) is 0 Å². The summed E-state index contributed by atoms with van der Waals surface area (Å²) in [7, 11) is -2.88. The lowest BCUT2D eigenvalue weighted by molar-refractivity contribution is 0.598. The minimum atomic E-state index is -2.88. The molecule has 2 aromatic heterocycles. The predicted octanol–water partition coefficient (Wildman–Crippen LogP) is 4.09. The molecule has 0 aliphatic rings. The number of rotatable bonds is 11. The molecular formula is C20H25N3O2S3. The van der Waals surface area contributed by atoms with E-state index in [1.807, 2.05) is 6.07 Å². The number of aryl methyl sites for hydroxylation is 1. The molecule has 2 heterocycles. The van der Waals surface area contributed by atoms with Crippen LogP contribution in [0.2, 0.25) is 0 Å². The van der Waals surface area contributed by atoms with Gasteiger partial charge < -0.3 is 4.57 Å². The molecule has 0 aliphatic carbocycles. The quantitative estimate of drug-likeness (QED) is 0.335. The fourth-order valence-electron chi connectivity index (χ4n) is 2.87. The van der Waals surface area contributed by atoms with Crippen LogP contribution in [-0.2, 0) is 29.2 Å². The Hall–Kier alpha value is -1.64. The van der Waals surface area contributed by atoms with Gasteiger partial charge in [0.25, 0.3) is 0 Å². The van der Waals surface area contributed by atoms with E-state index in [0.717, 1.165) is 42.5 Å². The maximum Gasteiger partial charge on any atom is 0.191 e. The van der Waals surface area contributed by atoms with Gasteiger partial charge in [-0.1, -0.05) is 48.2 Å². The summed E-state index contributed by atoms with van der Waals surface area (Å²) in [4.78, 5) is 1.28. The van der Waals surface area contributed by atoms with Gasteiger partial charge in [0.1, 0.15) is 15.7 Å². The lowest BCUT2D eigenvalue weighted by atomic mass is 10.1. The number of aromatic nitrogens is 3. The minimum Gasteiger partial charge on any atom is -0.305 e. The van der Waals surface area contributed by atoms with Gasteiger partial charge in [0.05, 0.1) is 0 Å². The molecular weight excluding hydrogens is 410 g/mol. The van der Waals surface area contributed by atoms with Gasteiger partial charge in [-0.2, -0.15) is 0 Å². The summed E-state index contributed by atoms with van der Waals surface area (Å²) in [5.74, 6) is 2.08. The van der Waals surface area contributed by atoms with Crippen molar-refractivity contribution >= 4 is 32.9 Å². The molecule has 8 heteroatoms. The van der Waals surface area contributed by atoms with Crippen molar-refractivity contribution in [1.29, 1.82) is 0 Å². The molecule has 0 N–H and O–H groups in total. The Kier molecular flexibility index (Phi) is 7.70. The second-order valence-corrected chi connectivity index (χ2v) is 11.1. The van der Waals surface area contributed by atoms with Crippen LogP contribution in [0.15, 0.2) is 53.0 Å². The molecule has 0 unspecified atom stereocenters. The zero-order valence-corrected chi connectivity index (χ0v) is 18.4. The summed E-state index contributed by atoms with van der Waals surface area (Å²) in [5.41, 5.74) is 1.29. The highest BCUT2D eigenvalue weighted by molar-refractivity contribution is 7.99. The molecule has 0 fully saturated rings. The van der Waals surface area contributed by atoms with Crippen LogP contribution in [0.25, 0.3) is 0 Å². The second-order valence-electron chi connectivity index (χ2n) is 6.73. The molecule has 0 atom stereocenters. The number of hydrogen-bond donors (Lipinski definition) is 0. The van der Waals surface area contributed by atoms with E-state index >= 15 is 0 Å². The number of unbranched alkanes of at least 4 members (excludes halogenated alkanes) is 1. The number of nitrogens with zero attached hydrogens (tertiary/aromatic N) is 3. The summed E-state index contributed by atoms with van der Waals surface area (Å²) in [5, 5.41) is 11.9. The Morgan fingerprint density at radius 3 is 2.61 bits per heavy atom. The topological polar surface area (TPSA) is 64.8 Å². The molecule has 0 bridgehead atoms. The van der Waals surface area contributed by atoms with Gasteiger partial charge in [0.15, 0.2) is 5.16 Å². The van der Waals surface area contributed by atoms with E-state index in [1.165, 1.54) is 16.7 Å². The normalized spacial score (nSPS) is 11.8. The van der Waals surface area contributed by atoms with Crippen molar-refractivity contribution in [2.45, 2.75) is 37.4 Å².